The number of rotatable bonds is 6. The lowest BCUT2D eigenvalue weighted by Crippen LogP contribution is -2.43. The first-order valence-electron chi connectivity index (χ1n) is 7.28. The molecule has 126 valence electrons. The first-order chi connectivity index (χ1) is 11.3. The number of hydrogen-bond donors (Lipinski definition) is 1. The highest BCUT2D eigenvalue weighted by atomic mass is 79.9. The van der Waals surface area contributed by atoms with E-state index in [1.54, 1.807) is 62.4 Å². The minimum Gasteiger partial charge on any atom is -0.471 e. The summed E-state index contributed by atoms with van der Waals surface area (Å²) in [5, 5.41) is 2.36. The second-order valence-corrected chi connectivity index (χ2v) is 6.97. The van der Waals surface area contributed by atoms with E-state index in [9.17, 15) is 9.59 Å². The van der Waals surface area contributed by atoms with Gasteiger partial charge in [0, 0.05) is 10.7 Å². The fraction of sp³-hybridized carbons (Fsp3) is 0.222. The van der Waals surface area contributed by atoms with E-state index in [1.165, 1.54) is 0 Å². The molecule has 24 heavy (non-hydrogen) atoms. The van der Waals surface area contributed by atoms with E-state index in [1.807, 2.05) is 6.07 Å². The van der Waals surface area contributed by atoms with E-state index in [0.29, 0.717) is 16.5 Å². The van der Waals surface area contributed by atoms with Crippen LogP contribution in [-0.4, -0.2) is 16.7 Å². The van der Waals surface area contributed by atoms with Crippen LogP contribution in [0, 0.1) is 5.41 Å². The zero-order valence-electron chi connectivity index (χ0n) is 13.3. The molecule has 1 N–H and O–H groups in total. The molecule has 0 spiro atoms. The summed E-state index contributed by atoms with van der Waals surface area (Å²) in [6, 6.07) is 15.6. The summed E-state index contributed by atoms with van der Waals surface area (Å²) >= 11 is 9.02. The summed E-state index contributed by atoms with van der Waals surface area (Å²) in [7, 11) is 0. The van der Waals surface area contributed by atoms with E-state index in [4.69, 9.17) is 16.3 Å². The second kappa shape index (κ2) is 7.81. The van der Waals surface area contributed by atoms with Crippen LogP contribution >= 0.6 is 27.5 Å². The maximum absolute atomic E-state index is 12.6. The summed E-state index contributed by atoms with van der Waals surface area (Å²) in [6.07, 6.45) is 0. The highest BCUT2D eigenvalue weighted by molar-refractivity contribution is 9.09. The number of benzene rings is 2. The molecule has 1 atom stereocenters. The molecule has 0 aliphatic rings. The van der Waals surface area contributed by atoms with Gasteiger partial charge in [-0.1, -0.05) is 29.8 Å². The van der Waals surface area contributed by atoms with Gasteiger partial charge in [-0.3, -0.25) is 9.59 Å². The largest absolute Gasteiger partial charge is 0.471 e. The lowest BCUT2D eigenvalue weighted by Gasteiger charge is -2.25. The summed E-state index contributed by atoms with van der Waals surface area (Å²) in [4.78, 5) is 25.1. The Morgan fingerprint density at radius 2 is 1.67 bits per heavy atom. The number of alkyl halides is 1. The smallest absolute Gasteiger partial charge is 0.237 e. The van der Waals surface area contributed by atoms with Crippen molar-refractivity contribution in [2.24, 2.45) is 5.41 Å². The molecule has 0 saturated carbocycles. The van der Waals surface area contributed by atoms with Crippen molar-refractivity contribution < 1.29 is 14.3 Å². The van der Waals surface area contributed by atoms with Crippen LogP contribution in [0.25, 0.3) is 0 Å². The first kappa shape index (κ1) is 18.5. The number of Topliss-reactive ketones (excluding diaryl/α,β-unsaturated/α-hetero) is 1. The number of amides is 1. The molecule has 6 heteroatoms. The standard InChI is InChI=1S/C18H17BrClNO3/c1-18(2,17(23)21-13-6-4-3-5-7-13)15(22)16(19)24-14-10-8-12(20)9-11-14/h3-11,16H,1-2H3,(H,21,23). The van der Waals surface area contributed by atoms with Crippen LogP contribution in [-0.2, 0) is 9.59 Å². The molecule has 2 aromatic carbocycles. The quantitative estimate of drug-likeness (QED) is 0.556. The van der Waals surface area contributed by atoms with Gasteiger partial charge in [0.15, 0.2) is 5.78 Å². The Bertz CT molecular complexity index is 717. The summed E-state index contributed by atoms with van der Waals surface area (Å²) in [5.41, 5.74) is -0.635. The molecule has 0 radical (unpaired) electrons. The molecule has 4 nitrogen and oxygen atoms in total. The van der Waals surface area contributed by atoms with Crippen molar-refractivity contribution in [1.29, 1.82) is 0 Å². The van der Waals surface area contributed by atoms with Crippen LogP contribution in [0.1, 0.15) is 13.8 Å². The van der Waals surface area contributed by atoms with Gasteiger partial charge < -0.3 is 10.1 Å². The molecule has 0 aliphatic carbocycles. The van der Waals surface area contributed by atoms with Gasteiger partial charge in [0.1, 0.15) is 11.2 Å². The van der Waals surface area contributed by atoms with Gasteiger partial charge in [0.05, 0.1) is 0 Å². The van der Waals surface area contributed by atoms with Gasteiger partial charge in [0.2, 0.25) is 10.9 Å². The summed E-state index contributed by atoms with van der Waals surface area (Å²) < 4.78 is 5.55. The fourth-order valence-electron chi connectivity index (χ4n) is 1.89. The zero-order chi connectivity index (χ0) is 17.7. The number of nitrogens with one attached hydrogen (secondary N) is 1. The Balaban J connectivity index is 2.05. The second-order valence-electron chi connectivity index (χ2n) is 5.70. The van der Waals surface area contributed by atoms with Gasteiger partial charge in [0.25, 0.3) is 0 Å². The van der Waals surface area contributed by atoms with Gasteiger partial charge in [-0.2, -0.15) is 0 Å². The molecular formula is C18H17BrClNO3. The molecule has 0 aliphatic heterocycles. The number of ether oxygens (including phenoxy) is 1. The minimum atomic E-state index is -1.27. The van der Waals surface area contributed by atoms with Crippen molar-refractivity contribution in [2.45, 2.75) is 18.9 Å². The van der Waals surface area contributed by atoms with Crippen molar-refractivity contribution in [3.05, 3.63) is 59.6 Å². The normalized spacial score (nSPS) is 12.3. The van der Waals surface area contributed by atoms with Crippen molar-refractivity contribution in [3.63, 3.8) is 0 Å². The van der Waals surface area contributed by atoms with E-state index in [2.05, 4.69) is 21.2 Å². The van der Waals surface area contributed by atoms with Crippen LogP contribution < -0.4 is 10.1 Å². The van der Waals surface area contributed by atoms with Crippen molar-refractivity contribution in [1.82, 2.24) is 0 Å². The Kier molecular flexibility index (Phi) is 6.02. The number of halogens is 2. The Morgan fingerprint density at radius 1 is 1.08 bits per heavy atom. The minimum absolute atomic E-state index is 0.383. The van der Waals surface area contributed by atoms with Gasteiger partial charge in [-0.25, -0.2) is 0 Å². The predicted molar refractivity (Wildman–Crippen MR) is 98.7 cm³/mol. The third-order valence-electron chi connectivity index (χ3n) is 3.47. The van der Waals surface area contributed by atoms with Crippen molar-refractivity contribution >= 4 is 44.9 Å². The van der Waals surface area contributed by atoms with Crippen LogP contribution in [0.5, 0.6) is 5.75 Å². The van der Waals surface area contributed by atoms with Gasteiger partial charge >= 0.3 is 0 Å². The topological polar surface area (TPSA) is 55.4 Å². The van der Waals surface area contributed by atoms with Crippen LogP contribution in [0.4, 0.5) is 5.69 Å². The van der Waals surface area contributed by atoms with Gasteiger partial charge in [-0.15, -0.1) is 0 Å². The summed E-state index contributed by atoms with van der Waals surface area (Å²) in [6.45, 7) is 3.13. The fourth-order valence-corrected chi connectivity index (χ4v) is 2.80. The Morgan fingerprint density at radius 3 is 2.25 bits per heavy atom. The molecule has 1 unspecified atom stereocenters. The molecule has 2 aromatic rings. The molecule has 1 amide bonds. The predicted octanol–water partition coefficient (Wildman–Crippen LogP) is 4.67. The zero-order valence-corrected chi connectivity index (χ0v) is 15.6. The van der Waals surface area contributed by atoms with Crippen LogP contribution in [0.15, 0.2) is 54.6 Å². The maximum Gasteiger partial charge on any atom is 0.237 e. The van der Waals surface area contributed by atoms with Crippen molar-refractivity contribution in [3.8, 4) is 5.75 Å². The number of carbonyl (C=O) groups is 2. The van der Waals surface area contributed by atoms with E-state index < -0.39 is 16.3 Å². The van der Waals surface area contributed by atoms with E-state index in [0.717, 1.165) is 0 Å². The van der Waals surface area contributed by atoms with Crippen LogP contribution in [0.2, 0.25) is 5.02 Å². The number of carbonyl (C=O) groups excluding carboxylic acids is 2. The Labute approximate surface area is 154 Å². The lowest BCUT2D eigenvalue weighted by molar-refractivity contribution is -0.139. The number of ketones is 1. The third kappa shape index (κ3) is 4.58. The highest BCUT2D eigenvalue weighted by Gasteiger charge is 2.40. The lowest BCUT2D eigenvalue weighted by atomic mass is 9.87. The summed E-state index contributed by atoms with van der Waals surface area (Å²) in [5.74, 6) is -0.303. The molecule has 0 heterocycles. The number of para-hydroxylation sites is 1. The average Bonchev–Trinajstić information content (AvgIpc) is 2.57. The van der Waals surface area contributed by atoms with E-state index >= 15 is 0 Å². The highest BCUT2D eigenvalue weighted by Crippen LogP contribution is 2.27. The van der Waals surface area contributed by atoms with Crippen LogP contribution in [0.3, 0.4) is 0 Å². The molecule has 0 aromatic heterocycles. The number of hydrogen-bond acceptors (Lipinski definition) is 3. The third-order valence-corrected chi connectivity index (χ3v) is 4.33. The van der Waals surface area contributed by atoms with Crippen molar-refractivity contribution in [2.75, 3.05) is 5.32 Å². The maximum atomic E-state index is 12.6. The van der Waals surface area contributed by atoms with E-state index in [-0.39, 0.29) is 5.78 Å². The average molecular weight is 411 g/mol. The monoisotopic (exact) mass is 409 g/mol. The Hall–Kier alpha value is -1.85. The molecular weight excluding hydrogens is 394 g/mol. The van der Waals surface area contributed by atoms with Gasteiger partial charge in [-0.05, 0) is 66.2 Å². The first-order valence-corrected chi connectivity index (χ1v) is 8.57. The molecule has 0 bridgehead atoms. The molecule has 0 saturated heterocycles. The SMILES string of the molecule is CC(C)(C(=O)Nc1ccccc1)C(=O)C(Br)Oc1ccc(Cl)cc1. The molecule has 0 fully saturated rings. The molecule has 2 rings (SSSR count). The number of anilines is 1.